The van der Waals surface area contributed by atoms with Gasteiger partial charge in [-0.15, -0.1) is 11.3 Å². The Hall–Kier alpha value is 0.0600. The molecule has 5 heteroatoms. The Kier molecular flexibility index (Phi) is 7.54. The highest BCUT2D eigenvalue weighted by Gasteiger charge is 2.24. The van der Waals surface area contributed by atoms with Gasteiger partial charge in [0.05, 0.1) is 6.04 Å². The van der Waals surface area contributed by atoms with Crippen LogP contribution in [0.5, 0.6) is 0 Å². The predicted octanol–water partition coefficient (Wildman–Crippen LogP) is 3.17. The van der Waals surface area contributed by atoms with Gasteiger partial charge in [-0.3, -0.25) is 4.90 Å². The van der Waals surface area contributed by atoms with E-state index >= 15 is 0 Å². The molecule has 19 heavy (non-hydrogen) atoms. The number of likely N-dealkylation sites (N-methyl/N-ethyl adjacent to an activating group) is 1. The Morgan fingerprint density at radius 2 is 2.00 bits per heavy atom. The fourth-order valence-corrected chi connectivity index (χ4v) is 3.92. The Labute approximate surface area is 129 Å². The van der Waals surface area contributed by atoms with E-state index < -0.39 is 0 Å². The molecule has 110 valence electrons. The van der Waals surface area contributed by atoms with Crippen molar-refractivity contribution in [3.8, 4) is 0 Å². The van der Waals surface area contributed by atoms with Crippen LogP contribution in [-0.2, 0) is 0 Å². The molecule has 0 saturated carbocycles. The van der Waals surface area contributed by atoms with Crippen LogP contribution >= 0.6 is 27.3 Å². The lowest BCUT2D eigenvalue weighted by Crippen LogP contribution is -2.39. The zero-order chi connectivity index (χ0) is 14.4. The van der Waals surface area contributed by atoms with E-state index in [-0.39, 0.29) is 6.04 Å². The summed E-state index contributed by atoms with van der Waals surface area (Å²) in [5, 5.41) is 2.14. The second-order valence-electron chi connectivity index (χ2n) is 5.32. The second-order valence-corrected chi connectivity index (χ2v) is 7.18. The predicted molar refractivity (Wildman–Crippen MR) is 88.8 cm³/mol. The van der Waals surface area contributed by atoms with Crippen molar-refractivity contribution in [2.45, 2.75) is 31.8 Å². The summed E-state index contributed by atoms with van der Waals surface area (Å²) in [4.78, 5) is 5.98. The molecule has 2 atom stereocenters. The van der Waals surface area contributed by atoms with Gasteiger partial charge in [-0.1, -0.05) is 6.92 Å². The van der Waals surface area contributed by atoms with Crippen molar-refractivity contribution in [2.75, 3.05) is 34.2 Å². The molecule has 0 aliphatic heterocycles. The largest absolute Gasteiger partial charge is 0.326 e. The van der Waals surface area contributed by atoms with Gasteiger partial charge in [-0.25, -0.2) is 0 Å². The van der Waals surface area contributed by atoms with Gasteiger partial charge in [-0.05, 0) is 69.1 Å². The molecular weight excluding hydrogens is 322 g/mol. The number of hydrogen-bond donors (Lipinski definition) is 1. The van der Waals surface area contributed by atoms with Crippen LogP contribution in [0.4, 0.5) is 0 Å². The van der Waals surface area contributed by atoms with Gasteiger partial charge in [0.2, 0.25) is 0 Å². The van der Waals surface area contributed by atoms with Gasteiger partial charge in [-0.2, -0.15) is 0 Å². The quantitative estimate of drug-likeness (QED) is 0.783. The van der Waals surface area contributed by atoms with Gasteiger partial charge < -0.3 is 10.6 Å². The summed E-state index contributed by atoms with van der Waals surface area (Å²) in [5.74, 6) is 0. The van der Waals surface area contributed by atoms with Crippen LogP contribution in [0.15, 0.2) is 15.9 Å². The Morgan fingerprint density at radius 3 is 2.47 bits per heavy atom. The average Bonchev–Trinajstić information content (AvgIpc) is 2.75. The molecule has 1 aromatic rings. The molecule has 0 aliphatic carbocycles. The van der Waals surface area contributed by atoms with Crippen molar-refractivity contribution in [1.29, 1.82) is 0 Å². The maximum absolute atomic E-state index is 6.33. The van der Waals surface area contributed by atoms with Gasteiger partial charge in [0.1, 0.15) is 0 Å². The Bertz CT molecular complexity index is 367. The van der Waals surface area contributed by atoms with Crippen molar-refractivity contribution in [2.24, 2.45) is 5.73 Å². The Morgan fingerprint density at radius 1 is 1.32 bits per heavy atom. The maximum Gasteiger partial charge on any atom is 0.0591 e. The first-order valence-electron chi connectivity index (χ1n) is 6.80. The number of nitrogens with two attached hydrogens (primary N) is 1. The molecule has 0 aromatic carbocycles. The third-order valence-corrected chi connectivity index (χ3v) is 5.11. The summed E-state index contributed by atoms with van der Waals surface area (Å²) >= 11 is 5.33. The van der Waals surface area contributed by atoms with Gasteiger partial charge in [0.15, 0.2) is 0 Å². The monoisotopic (exact) mass is 347 g/mol. The molecule has 3 nitrogen and oxygen atoms in total. The third-order valence-electron chi connectivity index (χ3n) is 3.35. The number of nitrogens with zero attached hydrogens (tertiary/aromatic N) is 2. The van der Waals surface area contributed by atoms with E-state index in [2.05, 4.69) is 65.2 Å². The number of thiophene rings is 1. The van der Waals surface area contributed by atoms with E-state index in [4.69, 9.17) is 5.73 Å². The average molecular weight is 348 g/mol. The van der Waals surface area contributed by atoms with Gasteiger partial charge in [0, 0.05) is 20.8 Å². The second kappa shape index (κ2) is 8.37. The van der Waals surface area contributed by atoms with Crippen molar-refractivity contribution in [3.63, 3.8) is 0 Å². The normalized spacial score (nSPS) is 15.2. The molecule has 2 unspecified atom stereocenters. The molecule has 1 rings (SSSR count). The molecular formula is C14H26BrN3S. The molecule has 0 fully saturated rings. The smallest absolute Gasteiger partial charge is 0.0591 e. The number of hydrogen-bond acceptors (Lipinski definition) is 4. The van der Waals surface area contributed by atoms with E-state index in [1.54, 1.807) is 11.3 Å². The molecule has 1 heterocycles. The summed E-state index contributed by atoms with van der Waals surface area (Å²) in [7, 11) is 6.42. The molecule has 0 bridgehead atoms. The molecule has 0 radical (unpaired) electrons. The SMILES string of the molecule is CCC(N)C(c1cc(Br)cs1)N(C)CCCN(C)C. The van der Waals surface area contributed by atoms with Crippen molar-refractivity contribution in [3.05, 3.63) is 20.8 Å². The lowest BCUT2D eigenvalue weighted by molar-refractivity contribution is 0.203. The topological polar surface area (TPSA) is 32.5 Å². The Balaban J connectivity index is 2.68. The van der Waals surface area contributed by atoms with E-state index in [1.165, 1.54) is 11.3 Å². The zero-order valence-corrected chi connectivity index (χ0v) is 14.8. The summed E-state index contributed by atoms with van der Waals surface area (Å²) in [5.41, 5.74) is 6.33. The molecule has 0 spiro atoms. The first-order chi connectivity index (χ1) is 8.95. The highest BCUT2D eigenvalue weighted by Crippen LogP contribution is 2.31. The molecule has 0 amide bonds. The minimum atomic E-state index is 0.190. The van der Waals surface area contributed by atoms with Crippen LogP contribution < -0.4 is 5.73 Å². The van der Waals surface area contributed by atoms with Gasteiger partial charge in [0.25, 0.3) is 0 Å². The van der Waals surface area contributed by atoms with Crippen molar-refractivity contribution in [1.82, 2.24) is 9.80 Å². The maximum atomic E-state index is 6.33. The lowest BCUT2D eigenvalue weighted by Gasteiger charge is -2.32. The first kappa shape index (κ1) is 17.1. The zero-order valence-electron chi connectivity index (χ0n) is 12.4. The minimum Gasteiger partial charge on any atom is -0.326 e. The molecule has 1 aromatic heterocycles. The lowest BCUT2D eigenvalue weighted by atomic mass is 10.0. The van der Waals surface area contributed by atoms with Crippen LogP contribution in [-0.4, -0.2) is 50.1 Å². The minimum absolute atomic E-state index is 0.190. The summed E-state index contributed by atoms with van der Waals surface area (Å²) in [6.45, 7) is 4.35. The van der Waals surface area contributed by atoms with Crippen LogP contribution in [0.1, 0.15) is 30.7 Å². The van der Waals surface area contributed by atoms with Crippen LogP contribution in [0.3, 0.4) is 0 Å². The summed E-state index contributed by atoms with van der Waals surface area (Å²) in [6.07, 6.45) is 2.17. The summed E-state index contributed by atoms with van der Waals surface area (Å²) in [6, 6.07) is 2.71. The fourth-order valence-electron chi connectivity index (χ4n) is 2.24. The highest BCUT2D eigenvalue weighted by atomic mass is 79.9. The first-order valence-corrected chi connectivity index (χ1v) is 8.47. The van der Waals surface area contributed by atoms with E-state index in [1.807, 2.05) is 0 Å². The standard InChI is InChI=1S/C14H26BrN3S/c1-5-12(16)14(13-9-11(15)10-19-13)18(4)8-6-7-17(2)3/h9-10,12,14H,5-8,16H2,1-4H3. The van der Waals surface area contributed by atoms with Crippen molar-refractivity contribution >= 4 is 27.3 Å². The van der Waals surface area contributed by atoms with Gasteiger partial charge >= 0.3 is 0 Å². The van der Waals surface area contributed by atoms with Crippen LogP contribution in [0.25, 0.3) is 0 Å². The van der Waals surface area contributed by atoms with Crippen molar-refractivity contribution < 1.29 is 0 Å². The molecule has 2 N–H and O–H groups in total. The number of halogens is 1. The molecule has 0 saturated heterocycles. The highest BCUT2D eigenvalue weighted by molar-refractivity contribution is 9.10. The third kappa shape index (κ3) is 5.52. The van der Waals surface area contributed by atoms with E-state index in [9.17, 15) is 0 Å². The summed E-state index contributed by atoms with van der Waals surface area (Å²) < 4.78 is 1.16. The number of rotatable bonds is 8. The van der Waals surface area contributed by atoms with Crippen LogP contribution in [0, 0.1) is 0 Å². The molecule has 0 aliphatic rings. The van der Waals surface area contributed by atoms with E-state index in [0.717, 1.165) is 24.0 Å². The van der Waals surface area contributed by atoms with Crippen LogP contribution in [0.2, 0.25) is 0 Å². The fraction of sp³-hybridized carbons (Fsp3) is 0.714. The van der Waals surface area contributed by atoms with E-state index in [0.29, 0.717) is 6.04 Å².